The van der Waals surface area contributed by atoms with Gasteiger partial charge < -0.3 is 15.2 Å². The van der Waals surface area contributed by atoms with Crippen LogP contribution in [0.5, 0.6) is 17.2 Å². The molecule has 110 valence electrons. The van der Waals surface area contributed by atoms with Gasteiger partial charge in [0, 0.05) is 6.92 Å². The van der Waals surface area contributed by atoms with E-state index in [1.54, 1.807) is 18.2 Å². The summed E-state index contributed by atoms with van der Waals surface area (Å²) in [5, 5.41) is 14.3. The number of phenols is 1. The Morgan fingerprint density at radius 1 is 1.00 bits per heavy atom. The average molecular weight is 293 g/mol. The first-order chi connectivity index (χ1) is 10.6. The highest BCUT2D eigenvalue weighted by Crippen LogP contribution is 2.41. The summed E-state index contributed by atoms with van der Waals surface area (Å²) >= 11 is 0. The fourth-order valence-corrected chi connectivity index (χ4v) is 2.33. The number of ether oxygens (including phenoxy) is 1. The van der Waals surface area contributed by atoms with Crippen molar-refractivity contribution in [1.82, 2.24) is 0 Å². The molecule has 3 aromatic carbocycles. The number of phenolic OH excluding ortho intramolecular Hbond substituents is 1. The molecule has 2 N–H and O–H groups in total. The van der Waals surface area contributed by atoms with Gasteiger partial charge in [-0.2, -0.15) is 0 Å². The van der Waals surface area contributed by atoms with E-state index in [0.29, 0.717) is 22.6 Å². The third-order valence-corrected chi connectivity index (χ3v) is 3.25. The van der Waals surface area contributed by atoms with E-state index in [2.05, 4.69) is 5.32 Å². The molecule has 0 fully saturated rings. The van der Waals surface area contributed by atoms with E-state index in [0.717, 1.165) is 5.39 Å². The van der Waals surface area contributed by atoms with Crippen LogP contribution in [0, 0.1) is 0 Å². The van der Waals surface area contributed by atoms with E-state index >= 15 is 0 Å². The molecule has 0 aliphatic carbocycles. The van der Waals surface area contributed by atoms with Gasteiger partial charge in [0.1, 0.15) is 11.5 Å². The van der Waals surface area contributed by atoms with Crippen LogP contribution in [0.1, 0.15) is 6.92 Å². The number of benzene rings is 3. The summed E-state index contributed by atoms with van der Waals surface area (Å²) in [4.78, 5) is 11.4. The van der Waals surface area contributed by atoms with Crippen LogP contribution in [0.3, 0.4) is 0 Å². The summed E-state index contributed by atoms with van der Waals surface area (Å²) in [7, 11) is 0. The van der Waals surface area contributed by atoms with Gasteiger partial charge in [0.2, 0.25) is 5.91 Å². The Balaban J connectivity index is 2.20. The Morgan fingerprint density at radius 3 is 2.50 bits per heavy atom. The number of amides is 1. The zero-order valence-electron chi connectivity index (χ0n) is 12.0. The maximum atomic E-state index is 11.4. The second-order valence-corrected chi connectivity index (χ2v) is 4.91. The van der Waals surface area contributed by atoms with E-state index in [1.165, 1.54) is 6.92 Å². The molecule has 0 aliphatic heterocycles. The van der Waals surface area contributed by atoms with Crippen molar-refractivity contribution in [3.63, 3.8) is 0 Å². The van der Waals surface area contributed by atoms with Gasteiger partial charge in [0.25, 0.3) is 0 Å². The number of anilines is 1. The van der Waals surface area contributed by atoms with Crippen LogP contribution in [0.25, 0.3) is 10.8 Å². The Labute approximate surface area is 128 Å². The average Bonchev–Trinajstić information content (AvgIpc) is 2.50. The molecule has 0 aromatic heterocycles. The monoisotopic (exact) mass is 293 g/mol. The SMILES string of the molecule is CC(=O)Nc1ccc2cccc(O)c2c1Oc1ccccc1. The molecule has 4 nitrogen and oxygen atoms in total. The Bertz CT molecular complexity index is 828. The molecule has 0 radical (unpaired) electrons. The Kier molecular flexibility index (Phi) is 3.66. The number of hydrogen-bond donors (Lipinski definition) is 2. The Hall–Kier alpha value is -3.01. The van der Waals surface area contributed by atoms with Gasteiger partial charge >= 0.3 is 0 Å². The van der Waals surface area contributed by atoms with Crippen molar-refractivity contribution < 1.29 is 14.6 Å². The first-order valence-electron chi connectivity index (χ1n) is 6.90. The van der Waals surface area contributed by atoms with Crippen molar-refractivity contribution >= 4 is 22.4 Å². The summed E-state index contributed by atoms with van der Waals surface area (Å²) in [6, 6.07) is 18.1. The number of fused-ring (bicyclic) bond motifs is 1. The van der Waals surface area contributed by atoms with Gasteiger partial charge in [0.05, 0.1) is 11.1 Å². The number of aromatic hydroxyl groups is 1. The molecule has 0 atom stereocenters. The lowest BCUT2D eigenvalue weighted by molar-refractivity contribution is -0.114. The standard InChI is InChI=1S/C18H15NO3/c1-12(20)19-15-11-10-13-6-5-9-16(21)17(13)18(15)22-14-7-3-2-4-8-14/h2-11,21H,1H3,(H,19,20). The summed E-state index contributed by atoms with van der Waals surface area (Å²) in [5.74, 6) is 0.963. The molecule has 0 heterocycles. The lowest BCUT2D eigenvalue weighted by Gasteiger charge is -2.15. The first-order valence-corrected chi connectivity index (χ1v) is 6.90. The van der Waals surface area contributed by atoms with Crippen molar-refractivity contribution in [1.29, 1.82) is 0 Å². The fraction of sp³-hybridized carbons (Fsp3) is 0.0556. The van der Waals surface area contributed by atoms with E-state index in [4.69, 9.17) is 4.74 Å². The third kappa shape index (κ3) is 2.72. The fourth-order valence-electron chi connectivity index (χ4n) is 2.33. The molecule has 0 bridgehead atoms. The van der Waals surface area contributed by atoms with Crippen molar-refractivity contribution in [2.75, 3.05) is 5.32 Å². The molecule has 0 unspecified atom stereocenters. The predicted molar refractivity (Wildman–Crippen MR) is 86.4 cm³/mol. The third-order valence-electron chi connectivity index (χ3n) is 3.25. The van der Waals surface area contributed by atoms with Gasteiger partial charge in [-0.15, -0.1) is 0 Å². The zero-order valence-corrected chi connectivity index (χ0v) is 12.0. The maximum Gasteiger partial charge on any atom is 0.221 e. The highest BCUT2D eigenvalue weighted by molar-refractivity contribution is 6.01. The highest BCUT2D eigenvalue weighted by atomic mass is 16.5. The van der Waals surface area contributed by atoms with E-state index in [9.17, 15) is 9.90 Å². The molecule has 0 spiro atoms. The summed E-state index contributed by atoms with van der Waals surface area (Å²) in [5.41, 5.74) is 0.519. The number of hydrogen-bond acceptors (Lipinski definition) is 3. The number of carbonyl (C=O) groups is 1. The lowest BCUT2D eigenvalue weighted by Crippen LogP contribution is -2.07. The van der Waals surface area contributed by atoms with Crippen LogP contribution < -0.4 is 10.1 Å². The molecule has 22 heavy (non-hydrogen) atoms. The van der Waals surface area contributed by atoms with Crippen LogP contribution in [-0.4, -0.2) is 11.0 Å². The molecule has 0 saturated heterocycles. The van der Waals surface area contributed by atoms with E-state index in [-0.39, 0.29) is 11.7 Å². The minimum atomic E-state index is -0.201. The summed E-state index contributed by atoms with van der Waals surface area (Å²) < 4.78 is 5.93. The molecule has 3 rings (SSSR count). The topological polar surface area (TPSA) is 58.6 Å². The highest BCUT2D eigenvalue weighted by Gasteiger charge is 2.14. The van der Waals surface area contributed by atoms with E-state index in [1.807, 2.05) is 42.5 Å². The first kappa shape index (κ1) is 13.9. The number of nitrogens with one attached hydrogen (secondary N) is 1. The smallest absolute Gasteiger partial charge is 0.221 e. The van der Waals surface area contributed by atoms with Crippen LogP contribution in [0.2, 0.25) is 0 Å². The number of rotatable bonds is 3. The normalized spacial score (nSPS) is 10.4. The van der Waals surface area contributed by atoms with Gasteiger partial charge in [-0.05, 0) is 29.7 Å². The largest absolute Gasteiger partial charge is 0.507 e. The zero-order chi connectivity index (χ0) is 15.5. The quantitative estimate of drug-likeness (QED) is 0.757. The van der Waals surface area contributed by atoms with Crippen molar-refractivity contribution in [3.8, 4) is 17.2 Å². The van der Waals surface area contributed by atoms with Gasteiger partial charge in [-0.1, -0.05) is 36.4 Å². The predicted octanol–water partition coefficient (Wildman–Crippen LogP) is 4.30. The second kappa shape index (κ2) is 5.77. The molecular weight excluding hydrogens is 278 g/mol. The van der Waals surface area contributed by atoms with E-state index < -0.39 is 0 Å². The van der Waals surface area contributed by atoms with Crippen LogP contribution in [0.15, 0.2) is 60.7 Å². The number of para-hydroxylation sites is 1. The Morgan fingerprint density at radius 2 is 1.77 bits per heavy atom. The van der Waals surface area contributed by atoms with Gasteiger partial charge in [0.15, 0.2) is 5.75 Å². The van der Waals surface area contributed by atoms with Crippen LogP contribution >= 0.6 is 0 Å². The summed E-state index contributed by atoms with van der Waals surface area (Å²) in [6.07, 6.45) is 0. The number of carbonyl (C=O) groups excluding carboxylic acids is 1. The summed E-state index contributed by atoms with van der Waals surface area (Å²) in [6.45, 7) is 1.43. The van der Waals surface area contributed by atoms with Gasteiger partial charge in [-0.3, -0.25) is 4.79 Å². The van der Waals surface area contributed by atoms with Crippen molar-refractivity contribution in [2.45, 2.75) is 6.92 Å². The molecule has 1 amide bonds. The van der Waals surface area contributed by atoms with Crippen LogP contribution in [0.4, 0.5) is 5.69 Å². The molecule has 0 saturated carbocycles. The molecule has 4 heteroatoms. The minimum Gasteiger partial charge on any atom is -0.507 e. The molecule has 3 aromatic rings. The van der Waals surface area contributed by atoms with Crippen molar-refractivity contribution in [3.05, 3.63) is 60.7 Å². The minimum absolute atomic E-state index is 0.107. The van der Waals surface area contributed by atoms with Gasteiger partial charge in [-0.25, -0.2) is 0 Å². The lowest BCUT2D eigenvalue weighted by atomic mass is 10.1. The maximum absolute atomic E-state index is 11.4. The molecular formula is C18H15NO3. The molecule has 0 aliphatic rings. The van der Waals surface area contributed by atoms with Crippen molar-refractivity contribution in [2.24, 2.45) is 0 Å². The van der Waals surface area contributed by atoms with Crippen LogP contribution in [-0.2, 0) is 4.79 Å². The second-order valence-electron chi connectivity index (χ2n) is 4.91.